The van der Waals surface area contributed by atoms with Gasteiger partial charge in [0, 0.05) is 30.2 Å². The average Bonchev–Trinajstić information content (AvgIpc) is 3.07. The van der Waals surface area contributed by atoms with Gasteiger partial charge in [-0.15, -0.1) is 11.3 Å². The molecule has 0 amide bonds. The summed E-state index contributed by atoms with van der Waals surface area (Å²) >= 11 is 1.56. The number of rotatable bonds is 7. The van der Waals surface area contributed by atoms with E-state index >= 15 is 0 Å². The predicted octanol–water partition coefficient (Wildman–Crippen LogP) is 1.25. The molecule has 0 bridgehead atoms. The molecule has 0 radical (unpaired) electrons. The maximum absolute atomic E-state index is 12.0. The molecule has 2 heterocycles. The van der Waals surface area contributed by atoms with Crippen LogP contribution in [0.15, 0.2) is 23.4 Å². The number of carbonyl (C=O) groups is 1. The highest BCUT2D eigenvalue weighted by Crippen LogP contribution is 2.14. The molecule has 2 aromatic rings. The van der Waals surface area contributed by atoms with Crippen molar-refractivity contribution < 1.29 is 18.3 Å². The number of carboxylic acids is 1. The first-order chi connectivity index (χ1) is 9.92. The lowest BCUT2D eigenvalue weighted by molar-refractivity contribution is 0.0691. The lowest BCUT2D eigenvalue weighted by atomic mass is 10.4. The maximum atomic E-state index is 12.0. The molecule has 0 aliphatic rings. The largest absolute Gasteiger partial charge is 0.477 e. The van der Waals surface area contributed by atoms with E-state index < -0.39 is 16.0 Å². The summed E-state index contributed by atoms with van der Waals surface area (Å²) in [5, 5.41) is 9.63. The summed E-state index contributed by atoms with van der Waals surface area (Å²) in [4.78, 5) is 18.4. The minimum Gasteiger partial charge on any atom is -0.477 e. The predicted molar refractivity (Wildman–Crippen MR) is 78.1 cm³/mol. The summed E-state index contributed by atoms with van der Waals surface area (Å²) in [7, 11) is -3.71. The smallest absolute Gasteiger partial charge is 0.352 e. The first kappa shape index (κ1) is 15.7. The first-order valence-corrected chi connectivity index (χ1v) is 8.57. The molecule has 3 N–H and O–H groups in total. The molecule has 21 heavy (non-hydrogen) atoms. The Morgan fingerprint density at radius 2 is 2.29 bits per heavy atom. The SMILES string of the molecule is CCc1cnc(CCNS(=O)(=O)c2c[nH]c(C(=O)O)c2)s1. The van der Waals surface area contributed by atoms with Crippen LogP contribution >= 0.6 is 11.3 Å². The van der Waals surface area contributed by atoms with Crippen LogP contribution in [0.2, 0.25) is 0 Å². The van der Waals surface area contributed by atoms with Crippen molar-refractivity contribution in [3.05, 3.63) is 34.0 Å². The van der Waals surface area contributed by atoms with E-state index in [1.54, 1.807) is 17.5 Å². The van der Waals surface area contributed by atoms with Crippen molar-refractivity contribution in [2.24, 2.45) is 0 Å². The van der Waals surface area contributed by atoms with Crippen molar-refractivity contribution in [3.8, 4) is 0 Å². The molecule has 2 aromatic heterocycles. The number of aromatic nitrogens is 2. The molecule has 114 valence electrons. The second-order valence-electron chi connectivity index (χ2n) is 4.28. The van der Waals surface area contributed by atoms with Crippen LogP contribution in [0.25, 0.3) is 0 Å². The third-order valence-corrected chi connectivity index (χ3v) is 5.42. The number of H-pyrrole nitrogens is 1. The molecule has 0 unspecified atom stereocenters. The number of hydrogen-bond acceptors (Lipinski definition) is 5. The minimum absolute atomic E-state index is 0.0896. The number of thiazole rings is 1. The van der Waals surface area contributed by atoms with Crippen molar-refractivity contribution in [2.45, 2.75) is 24.7 Å². The Labute approximate surface area is 126 Å². The highest BCUT2D eigenvalue weighted by atomic mass is 32.2. The van der Waals surface area contributed by atoms with E-state index in [2.05, 4.69) is 14.7 Å². The molecule has 9 heteroatoms. The summed E-state index contributed by atoms with van der Waals surface area (Å²) in [5.41, 5.74) is -0.164. The molecule has 0 saturated heterocycles. The summed E-state index contributed by atoms with van der Waals surface area (Å²) < 4.78 is 26.4. The highest BCUT2D eigenvalue weighted by Gasteiger charge is 2.17. The van der Waals surface area contributed by atoms with Crippen LogP contribution in [0.5, 0.6) is 0 Å². The van der Waals surface area contributed by atoms with Gasteiger partial charge in [-0.1, -0.05) is 6.92 Å². The van der Waals surface area contributed by atoms with E-state index in [1.807, 2.05) is 6.92 Å². The second-order valence-corrected chi connectivity index (χ2v) is 7.24. The van der Waals surface area contributed by atoms with Crippen LogP contribution in [-0.4, -0.2) is 36.0 Å². The fourth-order valence-electron chi connectivity index (χ4n) is 1.66. The standard InChI is InChI=1S/C12H15N3O4S2/c1-2-8-6-14-11(20-8)3-4-15-21(18,19)9-5-10(12(16)17)13-7-9/h5-7,13,15H,2-4H2,1H3,(H,16,17). The van der Waals surface area contributed by atoms with Crippen molar-refractivity contribution in [1.82, 2.24) is 14.7 Å². The molecular weight excluding hydrogens is 314 g/mol. The van der Waals surface area contributed by atoms with Gasteiger partial charge >= 0.3 is 5.97 Å². The average molecular weight is 329 g/mol. The number of nitrogens with one attached hydrogen (secondary N) is 2. The van der Waals surface area contributed by atoms with Crippen molar-refractivity contribution in [2.75, 3.05) is 6.54 Å². The van der Waals surface area contributed by atoms with Crippen LogP contribution in [0.3, 0.4) is 0 Å². The first-order valence-electron chi connectivity index (χ1n) is 6.27. The number of aromatic amines is 1. The third-order valence-electron chi connectivity index (χ3n) is 2.78. The Morgan fingerprint density at radius 3 is 2.86 bits per heavy atom. The van der Waals surface area contributed by atoms with Crippen LogP contribution < -0.4 is 4.72 Å². The van der Waals surface area contributed by atoms with Crippen LogP contribution in [-0.2, 0) is 22.9 Å². The molecule has 0 fully saturated rings. The molecule has 0 aromatic carbocycles. The number of carboxylic acid groups (broad SMARTS) is 1. The van der Waals surface area contributed by atoms with Gasteiger partial charge in [0.2, 0.25) is 10.0 Å². The number of nitrogens with zero attached hydrogens (tertiary/aromatic N) is 1. The van der Waals surface area contributed by atoms with E-state index in [0.29, 0.717) is 6.42 Å². The van der Waals surface area contributed by atoms with E-state index in [9.17, 15) is 13.2 Å². The lowest BCUT2D eigenvalue weighted by Crippen LogP contribution is -2.25. The summed E-state index contributed by atoms with van der Waals surface area (Å²) in [6, 6.07) is 1.09. The Kier molecular flexibility index (Phi) is 4.76. The van der Waals surface area contributed by atoms with Gasteiger partial charge in [0.1, 0.15) is 10.6 Å². The maximum Gasteiger partial charge on any atom is 0.352 e. The van der Waals surface area contributed by atoms with E-state index in [-0.39, 0.29) is 17.1 Å². The van der Waals surface area contributed by atoms with E-state index in [1.165, 1.54) is 0 Å². The molecule has 7 nitrogen and oxygen atoms in total. The quantitative estimate of drug-likeness (QED) is 0.708. The highest BCUT2D eigenvalue weighted by molar-refractivity contribution is 7.89. The molecule has 0 spiro atoms. The van der Waals surface area contributed by atoms with Crippen LogP contribution in [0.4, 0.5) is 0 Å². The molecule has 0 saturated carbocycles. The van der Waals surface area contributed by atoms with E-state index in [0.717, 1.165) is 28.6 Å². The zero-order chi connectivity index (χ0) is 15.5. The van der Waals surface area contributed by atoms with Crippen molar-refractivity contribution >= 4 is 27.3 Å². The summed E-state index contributed by atoms with van der Waals surface area (Å²) in [5.74, 6) is -1.20. The topological polar surface area (TPSA) is 112 Å². The van der Waals surface area contributed by atoms with Crippen LogP contribution in [0, 0.1) is 0 Å². The fraction of sp³-hybridized carbons (Fsp3) is 0.333. The molecule has 2 rings (SSSR count). The Bertz CT molecular complexity index is 733. The van der Waals surface area contributed by atoms with Crippen molar-refractivity contribution in [3.63, 3.8) is 0 Å². The molecule has 0 aliphatic heterocycles. The van der Waals surface area contributed by atoms with Gasteiger partial charge in [0.05, 0.1) is 5.01 Å². The van der Waals surface area contributed by atoms with E-state index in [4.69, 9.17) is 5.11 Å². The number of hydrogen-bond donors (Lipinski definition) is 3. The van der Waals surface area contributed by atoms with Gasteiger partial charge in [-0.25, -0.2) is 22.9 Å². The molecular formula is C12H15N3O4S2. The van der Waals surface area contributed by atoms with Gasteiger partial charge < -0.3 is 10.1 Å². The van der Waals surface area contributed by atoms with Crippen LogP contribution in [0.1, 0.15) is 27.3 Å². The zero-order valence-electron chi connectivity index (χ0n) is 11.3. The fourth-order valence-corrected chi connectivity index (χ4v) is 3.54. The number of aromatic carboxylic acids is 1. The van der Waals surface area contributed by atoms with Gasteiger partial charge in [-0.05, 0) is 12.5 Å². The monoisotopic (exact) mass is 329 g/mol. The third kappa shape index (κ3) is 3.90. The molecule has 0 aliphatic carbocycles. The van der Waals surface area contributed by atoms with Crippen molar-refractivity contribution in [1.29, 1.82) is 0 Å². The number of aryl methyl sites for hydroxylation is 1. The Morgan fingerprint density at radius 1 is 1.52 bits per heavy atom. The Balaban J connectivity index is 1.95. The van der Waals surface area contributed by atoms with Gasteiger partial charge in [0.25, 0.3) is 0 Å². The van der Waals surface area contributed by atoms with Gasteiger partial charge in [0.15, 0.2) is 0 Å². The normalized spacial score (nSPS) is 11.7. The summed E-state index contributed by atoms with van der Waals surface area (Å²) in [6.07, 6.45) is 4.36. The van der Waals surface area contributed by atoms with Gasteiger partial charge in [-0.3, -0.25) is 0 Å². The minimum atomic E-state index is -3.71. The summed E-state index contributed by atoms with van der Waals surface area (Å²) in [6.45, 7) is 2.25. The zero-order valence-corrected chi connectivity index (χ0v) is 12.9. The lowest BCUT2D eigenvalue weighted by Gasteiger charge is -2.03. The van der Waals surface area contributed by atoms with Gasteiger partial charge in [-0.2, -0.15) is 0 Å². The molecule has 0 atom stereocenters. The number of sulfonamides is 1. The second kappa shape index (κ2) is 6.37. The Hall–Kier alpha value is -1.71.